The molecule has 1 atom stereocenters. The lowest BCUT2D eigenvalue weighted by Gasteiger charge is -2.12. The van der Waals surface area contributed by atoms with Crippen molar-refractivity contribution in [3.05, 3.63) is 77.9 Å². The molecule has 3 aromatic carbocycles. The minimum atomic E-state index is -1.02. The van der Waals surface area contributed by atoms with Crippen molar-refractivity contribution < 1.29 is 32.6 Å². The second-order valence-corrected chi connectivity index (χ2v) is 11.9. The number of unbranched alkanes of at least 4 members (excludes halogenated alkanes) is 5. The summed E-state index contributed by atoms with van der Waals surface area (Å²) < 4.78 is 45.9. The van der Waals surface area contributed by atoms with Crippen LogP contribution in [0.5, 0.6) is 17.2 Å². The van der Waals surface area contributed by atoms with E-state index in [0.717, 1.165) is 38.5 Å². The Hall–Kier alpha value is -3.74. The van der Waals surface area contributed by atoms with Crippen LogP contribution in [0.25, 0.3) is 11.1 Å². The Labute approximate surface area is 260 Å². The maximum atomic E-state index is 14.9. The van der Waals surface area contributed by atoms with Crippen LogP contribution in [0, 0.1) is 23.5 Å². The number of hydrogen-bond acceptors (Lipinski definition) is 5. The quantitative estimate of drug-likeness (QED) is 0.0817. The van der Waals surface area contributed by atoms with E-state index >= 15 is 0 Å². The maximum absolute atomic E-state index is 14.9. The highest BCUT2D eigenvalue weighted by Gasteiger charge is 2.17. The molecule has 5 nitrogen and oxygen atoms in total. The van der Waals surface area contributed by atoms with Crippen LogP contribution in [0.15, 0.2) is 60.7 Å². The average Bonchev–Trinajstić information content (AvgIpc) is 2.99. The minimum absolute atomic E-state index is 0.0855. The predicted molar refractivity (Wildman–Crippen MR) is 170 cm³/mol. The molecular weight excluding hydrogens is 562 g/mol. The van der Waals surface area contributed by atoms with Gasteiger partial charge in [-0.05, 0) is 72.4 Å². The van der Waals surface area contributed by atoms with Gasteiger partial charge in [-0.25, -0.2) is 9.18 Å². The molecule has 7 heteroatoms. The van der Waals surface area contributed by atoms with Crippen LogP contribution in [-0.2, 0) is 4.79 Å². The second kappa shape index (κ2) is 18.2. The molecule has 0 saturated carbocycles. The molecule has 1 unspecified atom stereocenters. The first-order valence-corrected chi connectivity index (χ1v) is 15.9. The molecule has 0 radical (unpaired) electrons. The van der Waals surface area contributed by atoms with Crippen LogP contribution in [-0.4, -0.2) is 18.5 Å². The lowest BCUT2D eigenvalue weighted by atomic mass is 9.97. The van der Waals surface area contributed by atoms with Gasteiger partial charge < -0.3 is 14.2 Å². The molecule has 0 aliphatic carbocycles. The van der Waals surface area contributed by atoms with E-state index in [4.69, 9.17) is 14.2 Å². The van der Waals surface area contributed by atoms with Crippen molar-refractivity contribution in [2.75, 3.05) is 6.61 Å². The van der Waals surface area contributed by atoms with E-state index in [-0.39, 0.29) is 34.5 Å². The van der Waals surface area contributed by atoms with Crippen LogP contribution in [0.1, 0.15) is 102 Å². The first-order valence-electron chi connectivity index (χ1n) is 15.9. The SMILES string of the molecule is CCCCCCCCOc1ccc(-c2ccc(OC(=O)c3ccc(OC(=O)CC(C)CCCC(C)C)cc3)cc2)c(F)c1F. The molecule has 0 fully saturated rings. The third-order valence-electron chi connectivity index (χ3n) is 7.49. The number of carbonyl (C=O) groups is 2. The van der Waals surface area contributed by atoms with Gasteiger partial charge in [-0.15, -0.1) is 0 Å². The van der Waals surface area contributed by atoms with E-state index in [0.29, 0.717) is 30.3 Å². The highest BCUT2D eigenvalue weighted by atomic mass is 19.2. The molecule has 3 rings (SSSR count). The molecule has 0 N–H and O–H groups in total. The fourth-order valence-electron chi connectivity index (χ4n) is 4.89. The van der Waals surface area contributed by atoms with Gasteiger partial charge in [-0.2, -0.15) is 4.39 Å². The Balaban J connectivity index is 1.49. The summed E-state index contributed by atoms with van der Waals surface area (Å²) in [6, 6.07) is 15.2. The van der Waals surface area contributed by atoms with Gasteiger partial charge in [-0.3, -0.25) is 4.79 Å². The molecule has 0 saturated heterocycles. The van der Waals surface area contributed by atoms with E-state index < -0.39 is 17.6 Å². The molecule has 0 amide bonds. The highest BCUT2D eigenvalue weighted by Crippen LogP contribution is 2.31. The molecule has 0 aromatic heterocycles. The molecule has 238 valence electrons. The Morgan fingerprint density at radius 1 is 0.705 bits per heavy atom. The van der Waals surface area contributed by atoms with Crippen LogP contribution in [0.4, 0.5) is 8.78 Å². The van der Waals surface area contributed by atoms with Gasteiger partial charge in [0.15, 0.2) is 11.6 Å². The first-order chi connectivity index (χ1) is 21.2. The summed E-state index contributed by atoms with van der Waals surface area (Å²) in [6.45, 7) is 8.93. The third-order valence-corrected chi connectivity index (χ3v) is 7.49. The zero-order valence-electron chi connectivity index (χ0n) is 26.5. The number of ether oxygens (including phenoxy) is 3. The Morgan fingerprint density at radius 3 is 2.02 bits per heavy atom. The lowest BCUT2D eigenvalue weighted by molar-refractivity contribution is -0.135. The van der Waals surface area contributed by atoms with Crippen molar-refractivity contribution in [3.63, 3.8) is 0 Å². The van der Waals surface area contributed by atoms with E-state index in [1.807, 2.05) is 6.92 Å². The minimum Gasteiger partial charge on any atom is -0.490 e. The summed E-state index contributed by atoms with van der Waals surface area (Å²) in [4.78, 5) is 24.9. The van der Waals surface area contributed by atoms with E-state index in [1.54, 1.807) is 24.3 Å². The summed E-state index contributed by atoms with van der Waals surface area (Å²) >= 11 is 0. The monoisotopic (exact) mass is 608 g/mol. The first kappa shape index (κ1) is 34.7. The summed E-state index contributed by atoms with van der Waals surface area (Å²) in [5.41, 5.74) is 0.798. The van der Waals surface area contributed by atoms with Crippen LogP contribution in [0.2, 0.25) is 0 Å². The molecule has 0 aliphatic heterocycles. The van der Waals surface area contributed by atoms with Crippen molar-refractivity contribution in [3.8, 4) is 28.4 Å². The van der Waals surface area contributed by atoms with Gasteiger partial charge in [0.1, 0.15) is 11.5 Å². The van der Waals surface area contributed by atoms with Crippen molar-refractivity contribution in [2.24, 2.45) is 11.8 Å². The number of rotatable bonds is 18. The molecular formula is C37H46F2O5. The topological polar surface area (TPSA) is 61.8 Å². The number of esters is 2. The van der Waals surface area contributed by atoms with Crippen LogP contribution >= 0.6 is 0 Å². The van der Waals surface area contributed by atoms with Crippen LogP contribution < -0.4 is 14.2 Å². The predicted octanol–water partition coefficient (Wildman–Crippen LogP) is 10.3. The average molecular weight is 609 g/mol. The third kappa shape index (κ3) is 11.4. The molecule has 0 spiro atoms. The van der Waals surface area contributed by atoms with Gasteiger partial charge in [-0.1, -0.05) is 91.2 Å². The summed E-state index contributed by atoms with van der Waals surface area (Å²) in [6.07, 6.45) is 10.0. The number of carbonyl (C=O) groups excluding carboxylic acids is 2. The van der Waals surface area contributed by atoms with Crippen molar-refractivity contribution >= 4 is 11.9 Å². The number of hydrogen-bond donors (Lipinski definition) is 0. The number of halogens is 2. The number of benzene rings is 3. The van der Waals surface area contributed by atoms with Gasteiger partial charge >= 0.3 is 11.9 Å². The molecule has 0 heterocycles. The van der Waals surface area contributed by atoms with E-state index in [9.17, 15) is 18.4 Å². The smallest absolute Gasteiger partial charge is 0.343 e. The largest absolute Gasteiger partial charge is 0.490 e. The Morgan fingerprint density at radius 2 is 1.34 bits per heavy atom. The van der Waals surface area contributed by atoms with Gasteiger partial charge in [0.05, 0.1) is 12.2 Å². The Bertz CT molecular complexity index is 1320. The Kier molecular flexibility index (Phi) is 14.3. The zero-order chi connectivity index (χ0) is 31.9. The van der Waals surface area contributed by atoms with Crippen molar-refractivity contribution in [1.29, 1.82) is 0 Å². The summed E-state index contributed by atoms with van der Waals surface area (Å²) in [5, 5.41) is 0. The van der Waals surface area contributed by atoms with E-state index in [2.05, 4.69) is 20.8 Å². The zero-order valence-corrected chi connectivity index (χ0v) is 26.5. The maximum Gasteiger partial charge on any atom is 0.343 e. The molecule has 0 aliphatic rings. The second-order valence-electron chi connectivity index (χ2n) is 11.9. The van der Waals surface area contributed by atoms with Gasteiger partial charge in [0, 0.05) is 12.0 Å². The standard InChI is InChI=1S/C37H46F2O5/c1-5-6-7-8-9-10-24-42-33-23-22-32(35(38)36(33)39)28-14-18-31(19-15-28)44-37(41)29-16-20-30(21-17-29)43-34(40)25-27(4)13-11-12-26(2)3/h14-23,26-27H,5-13,24-25H2,1-4H3. The summed E-state index contributed by atoms with van der Waals surface area (Å²) in [7, 11) is 0. The van der Waals surface area contributed by atoms with Gasteiger partial charge in [0.2, 0.25) is 5.82 Å². The summed E-state index contributed by atoms with van der Waals surface area (Å²) in [5.74, 6) is -1.51. The van der Waals surface area contributed by atoms with E-state index in [1.165, 1.54) is 55.7 Å². The fourth-order valence-corrected chi connectivity index (χ4v) is 4.89. The molecule has 3 aromatic rings. The van der Waals surface area contributed by atoms with Gasteiger partial charge in [0.25, 0.3) is 0 Å². The van der Waals surface area contributed by atoms with Crippen molar-refractivity contribution in [2.45, 2.75) is 91.9 Å². The fraction of sp³-hybridized carbons (Fsp3) is 0.459. The van der Waals surface area contributed by atoms with Crippen LogP contribution in [0.3, 0.4) is 0 Å². The lowest BCUT2D eigenvalue weighted by Crippen LogP contribution is -2.13. The highest BCUT2D eigenvalue weighted by molar-refractivity contribution is 5.91. The van der Waals surface area contributed by atoms with Crippen molar-refractivity contribution in [1.82, 2.24) is 0 Å². The molecule has 0 bridgehead atoms. The normalized spacial score (nSPS) is 11.8. The molecule has 44 heavy (non-hydrogen) atoms.